The minimum atomic E-state index is -1.05. The van der Waals surface area contributed by atoms with E-state index in [1.807, 2.05) is 6.92 Å². The lowest BCUT2D eigenvalue weighted by Crippen LogP contribution is -2.56. The Labute approximate surface area is 115 Å². The van der Waals surface area contributed by atoms with E-state index in [1.165, 1.54) is 0 Å². The normalized spacial score (nSPS) is 26.4. The van der Waals surface area contributed by atoms with Crippen molar-refractivity contribution in [1.29, 1.82) is 0 Å². The van der Waals surface area contributed by atoms with Crippen molar-refractivity contribution in [2.45, 2.75) is 63.8 Å². The topological polar surface area (TPSA) is 66.4 Å². The highest BCUT2D eigenvalue weighted by Gasteiger charge is 2.42. The monoisotopic (exact) mass is 265 g/mol. The van der Waals surface area contributed by atoms with Crippen molar-refractivity contribution in [2.75, 3.05) is 0 Å². The Kier molecular flexibility index (Phi) is 5.88. The lowest BCUT2D eigenvalue weighted by molar-refractivity contribution is -0.150. The van der Waals surface area contributed by atoms with Gasteiger partial charge in [0.15, 0.2) is 0 Å². The number of carbonyl (C=O) groups excluding carboxylic acids is 1. The summed E-state index contributed by atoms with van der Waals surface area (Å²) in [5, 5.41) is 12.2. The molecule has 1 aliphatic rings. The average molecular weight is 265 g/mol. The number of carbonyl (C=O) groups is 2. The SMILES string of the molecule is C#CCCCCC(=O)NC1(C(=O)O)CCCC(C)C1. The molecule has 1 amide bonds. The second kappa shape index (κ2) is 7.18. The number of hydrogen-bond donors (Lipinski definition) is 2. The van der Waals surface area contributed by atoms with E-state index < -0.39 is 11.5 Å². The number of unbranched alkanes of at least 4 members (excludes halogenated alkanes) is 2. The van der Waals surface area contributed by atoms with E-state index in [4.69, 9.17) is 6.42 Å². The Bertz CT molecular complexity index is 372. The summed E-state index contributed by atoms with van der Waals surface area (Å²) in [5.41, 5.74) is -1.05. The van der Waals surface area contributed by atoms with Crippen molar-refractivity contribution in [2.24, 2.45) is 5.92 Å². The van der Waals surface area contributed by atoms with Gasteiger partial charge >= 0.3 is 5.97 Å². The lowest BCUT2D eigenvalue weighted by Gasteiger charge is -2.37. The molecule has 0 radical (unpaired) electrons. The average Bonchev–Trinajstić information content (AvgIpc) is 2.34. The maximum atomic E-state index is 11.9. The van der Waals surface area contributed by atoms with Gasteiger partial charge in [0.05, 0.1) is 0 Å². The molecule has 2 N–H and O–H groups in total. The van der Waals surface area contributed by atoms with E-state index in [2.05, 4.69) is 11.2 Å². The zero-order valence-corrected chi connectivity index (χ0v) is 11.6. The standard InChI is InChI=1S/C15H23NO3/c1-3-4-5-6-9-13(17)16-15(14(18)19)10-7-8-12(2)11-15/h1,12H,4-11H2,2H3,(H,16,17)(H,18,19). The first kappa shape index (κ1) is 15.6. The van der Waals surface area contributed by atoms with Gasteiger partial charge in [-0.1, -0.05) is 19.8 Å². The fourth-order valence-corrected chi connectivity index (χ4v) is 2.75. The Morgan fingerprint density at radius 1 is 1.47 bits per heavy atom. The molecule has 0 aliphatic heterocycles. The molecule has 0 spiro atoms. The van der Waals surface area contributed by atoms with Crippen LogP contribution in [0.4, 0.5) is 0 Å². The van der Waals surface area contributed by atoms with Gasteiger partial charge < -0.3 is 10.4 Å². The van der Waals surface area contributed by atoms with Gasteiger partial charge in [0.2, 0.25) is 5.91 Å². The number of carboxylic acid groups (broad SMARTS) is 1. The Balaban J connectivity index is 2.52. The highest BCUT2D eigenvalue weighted by molar-refractivity contribution is 5.87. The Hall–Kier alpha value is -1.50. The van der Waals surface area contributed by atoms with Crippen LogP contribution in [0.3, 0.4) is 0 Å². The molecule has 2 unspecified atom stereocenters. The third-order valence-corrected chi connectivity index (χ3v) is 3.76. The van der Waals surface area contributed by atoms with Crippen molar-refractivity contribution in [3.8, 4) is 12.3 Å². The first-order chi connectivity index (χ1) is 9.00. The Morgan fingerprint density at radius 2 is 2.21 bits per heavy atom. The Morgan fingerprint density at radius 3 is 2.79 bits per heavy atom. The number of nitrogens with one attached hydrogen (secondary N) is 1. The van der Waals surface area contributed by atoms with Gasteiger partial charge in [-0.25, -0.2) is 4.79 Å². The van der Waals surface area contributed by atoms with E-state index in [1.54, 1.807) is 0 Å². The van der Waals surface area contributed by atoms with Gasteiger partial charge in [0, 0.05) is 12.8 Å². The van der Waals surface area contributed by atoms with E-state index >= 15 is 0 Å². The fourth-order valence-electron chi connectivity index (χ4n) is 2.75. The number of hydrogen-bond acceptors (Lipinski definition) is 2. The third-order valence-electron chi connectivity index (χ3n) is 3.76. The quantitative estimate of drug-likeness (QED) is 0.572. The van der Waals surface area contributed by atoms with Crippen LogP contribution >= 0.6 is 0 Å². The summed E-state index contributed by atoms with van der Waals surface area (Å²) in [6, 6.07) is 0. The summed E-state index contributed by atoms with van der Waals surface area (Å²) in [5.74, 6) is 1.79. The fraction of sp³-hybridized carbons (Fsp3) is 0.733. The smallest absolute Gasteiger partial charge is 0.329 e. The highest BCUT2D eigenvalue weighted by Crippen LogP contribution is 2.32. The molecule has 0 aromatic rings. The summed E-state index contributed by atoms with van der Waals surface area (Å²) >= 11 is 0. The van der Waals surface area contributed by atoms with E-state index in [-0.39, 0.29) is 5.91 Å². The first-order valence-corrected chi connectivity index (χ1v) is 6.98. The number of carboxylic acids is 1. The second-order valence-electron chi connectivity index (χ2n) is 5.55. The van der Waals surface area contributed by atoms with Crippen LogP contribution in [0.2, 0.25) is 0 Å². The number of amides is 1. The van der Waals surface area contributed by atoms with Crippen LogP contribution in [0.5, 0.6) is 0 Å². The van der Waals surface area contributed by atoms with Gasteiger partial charge in [-0.05, 0) is 31.6 Å². The van der Waals surface area contributed by atoms with E-state index in [9.17, 15) is 14.7 Å². The third kappa shape index (κ3) is 4.59. The summed E-state index contributed by atoms with van der Waals surface area (Å²) < 4.78 is 0. The molecule has 19 heavy (non-hydrogen) atoms. The molecule has 0 aromatic heterocycles. The van der Waals surface area contributed by atoms with Crippen LogP contribution in [-0.4, -0.2) is 22.5 Å². The molecule has 1 fully saturated rings. The van der Waals surface area contributed by atoms with Crippen molar-refractivity contribution in [3.05, 3.63) is 0 Å². The molecule has 0 heterocycles. The molecule has 4 heteroatoms. The van der Waals surface area contributed by atoms with E-state index in [0.717, 1.165) is 19.3 Å². The molecule has 0 saturated heterocycles. The van der Waals surface area contributed by atoms with Crippen LogP contribution in [0.25, 0.3) is 0 Å². The zero-order chi connectivity index (χ0) is 14.3. The van der Waals surface area contributed by atoms with Crippen molar-refractivity contribution in [1.82, 2.24) is 5.32 Å². The van der Waals surface area contributed by atoms with Crippen LogP contribution in [0.15, 0.2) is 0 Å². The summed E-state index contributed by atoms with van der Waals surface area (Å²) in [6.07, 6.45) is 10.6. The number of rotatable bonds is 6. The maximum Gasteiger partial charge on any atom is 0.329 e. The molecule has 1 aliphatic carbocycles. The molecule has 2 atom stereocenters. The highest BCUT2D eigenvalue weighted by atomic mass is 16.4. The first-order valence-electron chi connectivity index (χ1n) is 6.98. The van der Waals surface area contributed by atoms with Crippen LogP contribution in [-0.2, 0) is 9.59 Å². The summed E-state index contributed by atoms with van der Waals surface area (Å²) in [4.78, 5) is 23.4. The second-order valence-corrected chi connectivity index (χ2v) is 5.55. The van der Waals surface area contributed by atoms with Gasteiger partial charge in [-0.3, -0.25) is 4.79 Å². The zero-order valence-electron chi connectivity index (χ0n) is 11.6. The van der Waals surface area contributed by atoms with Crippen molar-refractivity contribution >= 4 is 11.9 Å². The van der Waals surface area contributed by atoms with Gasteiger partial charge in [-0.15, -0.1) is 12.3 Å². The molecule has 4 nitrogen and oxygen atoms in total. The molecule has 1 rings (SSSR count). The van der Waals surface area contributed by atoms with Gasteiger partial charge in [0.25, 0.3) is 0 Å². The van der Waals surface area contributed by atoms with Crippen LogP contribution < -0.4 is 5.32 Å². The predicted octanol–water partition coefficient (Wildman–Crippen LogP) is 2.33. The van der Waals surface area contributed by atoms with Gasteiger partial charge in [0.1, 0.15) is 5.54 Å². The molecule has 106 valence electrons. The van der Waals surface area contributed by atoms with Crippen molar-refractivity contribution < 1.29 is 14.7 Å². The molecular formula is C15H23NO3. The van der Waals surface area contributed by atoms with Crippen LogP contribution in [0, 0.1) is 18.3 Å². The maximum absolute atomic E-state index is 11.9. The molecular weight excluding hydrogens is 242 g/mol. The summed E-state index contributed by atoms with van der Waals surface area (Å²) in [7, 11) is 0. The van der Waals surface area contributed by atoms with Crippen molar-refractivity contribution in [3.63, 3.8) is 0 Å². The molecule has 0 aromatic carbocycles. The minimum Gasteiger partial charge on any atom is -0.480 e. The number of terminal acetylenes is 1. The van der Waals surface area contributed by atoms with Gasteiger partial charge in [-0.2, -0.15) is 0 Å². The lowest BCUT2D eigenvalue weighted by atomic mass is 9.76. The largest absolute Gasteiger partial charge is 0.480 e. The molecule has 1 saturated carbocycles. The minimum absolute atomic E-state index is 0.173. The molecule has 0 bridgehead atoms. The van der Waals surface area contributed by atoms with E-state index in [0.29, 0.717) is 38.0 Å². The summed E-state index contributed by atoms with van der Waals surface area (Å²) in [6.45, 7) is 2.04. The van der Waals surface area contributed by atoms with Crippen LogP contribution in [0.1, 0.15) is 58.3 Å². The number of aliphatic carboxylic acids is 1. The predicted molar refractivity (Wildman–Crippen MR) is 73.4 cm³/mol.